The Kier molecular flexibility index (Phi) is 5.94. The quantitative estimate of drug-likeness (QED) is 0.506. The SMILES string of the molecule is CCSc1cccc(-c2cc(-c3cccc(SCC)c3)ncn2)c1. The molecule has 0 saturated carbocycles. The third-order valence-electron chi connectivity index (χ3n) is 3.55. The average Bonchev–Trinajstić information content (AvgIpc) is 2.63. The molecule has 0 aliphatic heterocycles. The van der Waals surface area contributed by atoms with E-state index >= 15 is 0 Å². The van der Waals surface area contributed by atoms with Crippen molar-refractivity contribution in [3.05, 3.63) is 60.9 Å². The maximum atomic E-state index is 4.47. The molecule has 2 nitrogen and oxygen atoms in total. The van der Waals surface area contributed by atoms with Gasteiger partial charge in [0.25, 0.3) is 0 Å². The Bertz CT molecular complexity index is 753. The largest absolute Gasteiger partial charge is 0.236 e. The summed E-state index contributed by atoms with van der Waals surface area (Å²) >= 11 is 3.69. The van der Waals surface area contributed by atoms with Gasteiger partial charge in [-0.3, -0.25) is 0 Å². The van der Waals surface area contributed by atoms with Gasteiger partial charge in [-0.2, -0.15) is 0 Å². The Labute approximate surface area is 152 Å². The molecule has 2 aromatic carbocycles. The van der Waals surface area contributed by atoms with Gasteiger partial charge in [-0.25, -0.2) is 9.97 Å². The fourth-order valence-electron chi connectivity index (χ4n) is 2.50. The monoisotopic (exact) mass is 352 g/mol. The van der Waals surface area contributed by atoms with Crippen LogP contribution in [0.3, 0.4) is 0 Å². The predicted molar refractivity (Wildman–Crippen MR) is 106 cm³/mol. The molecule has 1 heterocycles. The summed E-state index contributed by atoms with van der Waals surface area (Å²) < 4.78 is 0. The first-order valence-corrected chi connectivity index (χ1v) is 10.1. The summed E-state index contributed by atoms with van der Waals surface area (Å²) in [7, 11) is 0. The van der Waals surface area contributed by atoms with Crippen molar-refractivity contribution in [3.63, 3.8) is 0 Å². The molecular weight excluding hydrogens is 332 g/mol. The molecule has 0 amide bonds. The normalized spacial score (nSPS) is 10.8. The standard InChI is InChI=1S/C20H20N2S2/c1-3-23-17-9-5-7-15(11-17)19-13-20(22-14-21-19)16-8-6-10-18(12-16)24-4-2/h5-14H,3-4H2,1-2H3. The summed E-state index contributed by atoms with van der Waals surface area (Å²) in [5, 5.41) is 0. The molecule has 0 bridgehead atoms. The van der Waals surface area contributed by atoms with E-state index in [1.807, 2.05) is 23.5 Å². The molecular formula is C20H20N2S2. The molecule has 3 aromatic rings. The average molecular weight is 353 g/mol. The number of hydrogen-bond acceptors (Lipinski definition) is 4. The predicted octanol–water partition coefficient (Wildman–Crippen LogP) is 6.03. The number of nitrogens with zero attached hydrogens (tertiary/aromatic N) is 2. The molecule has 0 N–H and O–H groups in total. The number of rotatable bonds is 6. The van der Waals surface area contributed by atoms with Gasteiger partial charge in [0.2, 0.25) is 0 Å². The van der Waals surface area contributed by atoms with Gasteiger partial charge in [0.15, 0.2) is 0 Å². The lowest BCUT2D eigenvalue weighted by Crippen LogP contribution is -1.90. The molecule has 0 aliphatic carbocycles. The van der Waals surface area contributed by atoms with Crippen molar-refractivity contribution in [2.75, 3.05) is 11.5 Å². The van der Waals surface area contributed by atoms with E-state index in [2.05, 4.69) is 78.4 Å². The Morgan fingerprint density at radius 1 is 0.708 bits per heavy atom. The van der Waals surface area contributed by atoms with E-state index in [0.717, 1.165) is 34.0 Å². The number of benzene rings is 2. The Morgan fingerprint density at radius 2 is 1.21 bits per heavy atom. The van der Waals surface area contributed by atoms with Crippen LogP contribution < -0.4 is 0 Å². The minimum absolute atomic E-state index is 0.965. The van der Waals surface area contributed by atoms with Crippen LogP contribution in [-0.2, 0) is 0 Å². The molecule has 3 rings (SSSR count). The van der Waals surface area contributed by atoms with E-state index in [9.17, 15) is 0 Å². The Morgan fingerprint density at radius 3 is 1.67 bits per heavy atom. The molecule has 24 heavy (non-hydrogen) atoms. The van der Waals surface area contributed by atoms with Crippen molar-refractivity contribution in [3.8, 4) is 22.5 Å². The topological polar surface area (TPSA) is 25.8 Å². The zero-order valence-corrected chi connectivity index (χ0v) is 15.5. The highest BCUT2D eigenvalue weighted by Gasteiger charge is 2.06. The van der Waals surface area contributed by atoms with E-state index in [1.54, 1.807) is 6.33 Å². The minimum Gasteiger partial charge on any atom is -0.236 e. The van der Waals surface area contributed by atoms with E-state index in [0.29, 0.717) is 0 Å². The van der Waals surface area contributed by atoms with Crippen molar-refractivity contribution >= 4 is 23.5 Å². The summed E-state index contributed by atoms with van der Waals surface area (Å²) in [6.07, 6.45) is 1.66. The highest BCUT2D eigenvalue weighted by atomic mass is 32.2. The minimum atomic E-state index is 0.965. The van der Waals surface area contributed by atoms with Crippen molar-refractivity contribution < 1.29 is 0 Å². The summed E-state index contributed by atoms with van der Waals surface area (Å²) in [6, 6.07) is 19.2. The number of aromatic nitrogens is 2. The van der Waals surface area contributed by atoms with Gasteiger partial charge < -0.3 is 0 Å². The molecule has 0 spiro atoms. The van der Waals surface area contributed by atoms with Crippen LogP contribution in [-0.4, -0.2) is 21.5 Å². The zero-order valence-electron chi connectivity index (χ0n) is 13.9. The summed E-state index contributed by atoms with van der Waals surface area (Å²) in [5.74, 6) is 2.14. The molecule has 0 saturated heterocycles. The second-order valence-electron chi connectivity index (χ2n) is 5.21. The molecule has 0 fully saturated rings. The van der Waals surface area contributed by atoms with Crippen LogP contribution in [0.1, 0.15) is 13.8 Å². The van der Waals surface area contributed by atoms with Crippen LogP contribution >= 0.6 is 23.5 Å². The molecule has 1 aromatic heterocycles. The molecule has 0 aliphatic rings. The molecule has 122 valence electrons. The van der Waals surface area contributed by atoms with Gasteiger partial charge in [-0.05, 0) is 41.8 Å². The van der Waals surface area contributed by atoms with Gasteiger partial charge in [0.1, 0.15) is 6.33 Å². The second kappa shape index (κ2) is 8.36. The fraction of sp³-hybridized carbons (Fsp3) is 0.200. The molecule has 0 atom stereocenters. The van der Waals surface area contributed by atoms with Crippen molar-refractivity contribution in [2.45, 2.75) is 23.6 Å². The third-order valence-corrected chi connectivity index (χ3v) is 5.30. The molecule has 0 unspecified atom stereocenters. The van der Waals surface area contributed by atoms with E-state index in [4.69, 9.17) is 0 Å². The number of thioether (sulfide) groups is 2. The van der Waals surface area contributed by atoms with Crippen LogP contribution in [0.25, 0.3) is 22.5 Å². The maximum absolute atomic E-state index is 4.47. The van der Waals surface area contributed by atoms with E-state index in [1.165, 1.54) is 9.79 Å². The Hall–Kier alpha value is -1.78. The Balaban J connectivity index is 1.94. The smallest absolute Gasteiger partial charge is 0.116 e. The van der Waals surface area contributed by atoms with Gasteiger partial charge in [-0.15, -0.1) is 23.5 Å². The summed E-state index contributed by atoms with van der Waals surface area (Å²) in [4.78, 5) is 11.5. The lowest BCUT2D eigenvalue weighted by atomic mass is 10.1. The highest BCUT2D eigenvalue weighted by Crippen LogP contribution is 2.28. The lowest BCUT2D eigenvalue weighted by Gasteiger charge is -2.07. The lowest BCUT2D eigenvalue weighted by molar-refractivity contribution is 1.17. The third kappa shape index (κ3) is 4.19. The van der Waals surface area contributed by atoms with Crippen LogP contribution in [0.5, 0.6) is 0 Å². The van der Waals surface area contributed by atoms with E-state index in [-0.39, 0.29) is 0 Å². The summed E-state index contributed by atoms with van der Waals surface area (Å²) in [5.41, 5.74) is 4.20. The first-order chi connectivity index (χ1) is 11.8. The van der Waals surface area contributed by atoms with Gasteiger partial charge in [-0.1, -0.05) is 38.1 Å². The maximum Gasteiger partial charge on any atom is 0.116 e. The van der Waals surface area contributed by atoms with Crippen LogP contribution in [0.2, 0.25) is 0 Å². The van der Waals surface area contributed by atoms with Crippen LogP contribution in [0.4, 0.5) is 0 Å². The first kappa shape index (κ1) is 17.1. The number of hydrogen-bond donors (Lipinski definition) is 0. The van der Waals surface area contributed by atoms with Gasteiger partial charge >= 0.3 is 0 Å². The van der Waals surface area contributed by atoms with Crippen LogP contribution in [0.15, 0.2) is 70.7 Å². The fourth-order valence-corrected chi connectivity index (χ4v) is 3.93. The molecule has 0 radical (unpaired) electrons. The molecule has 4 heteroatoms. The second-order valence-corrected chi connectivity index (χ2v) is 7.89. The van der Waals surface area contributed by atoms with Gasteiger partial charge in [0.05, 0.1) is 11.4 Å². The van der Waals surface area contributed by atoms with Crippen molar-refractivity contribution in [1.29, 1.82) is 0 Å². The first-order valence-electron chi connectivity index (χ1n) is 8.08. The van der Waals surface area contributed by atoms with Crippen molar-refractivity contribution in [2.24, 2.45) is 0 Å². The van der Waals surface area contributed by atoms with Gasteiger partial charge in [0, 0.05) is 20.9 Å². The van der Waals surface area contributed by atoms with E-state index < -0.39 is 0 Å². The summed E-state index contributed by atoms with van der Waals surface area (Å²) in [6.45, 7) is 4.34. The zero-order chi connectivity index (χ0) is 16.8. The van der Waals surface area contributed by atoms with Crippen molar-refractivity contribution in [1.82, 2.24) is 9.97 Å². The highest BCUT2D eigenvalue weighted by molar-refractivity contribution is 7.99. The van der Waals surface area contributed by atoms with Crippen LogP contribution in [0, 0.1) is 0 Å².